The van der Waals surface area contributed by atoms with Crippen molar-refractivity contribution < 1.29 is 19.4 Å². The summed E-state index contributed by atoms with van der Waals surface area (Å²) in [6.45, 7) is 0.329. The van der Waals surface area contributed by atoms with Crippen molar-refractivity contribution in [1.29, 1.82) is 0 Å². The standard InChI is InChI=1S/C9H15NO4/c1-10(6-8(11)12)9(13)7-4-2-3-5-14-7/h7H,2-6H2,1H3,(H,11,12). The van der Waals surface area contributed by atoms with E-state index in [0.717, 1.165) is 12.8 Å². The van der Waals surface area contributed by atoms with Gasteiger partial charge >= 0.3 is 5.97 Å². The summed E-state index contributed by atoms with van der Waals surface area (Å²) in [7, 11) is 1.48. The van der Waals surface area contributed by atoms with Gasteiger partial charge in [0.2, 0.25) is 0 Å². The van der Waals surface area contributed by atoms with Gasteiger partial charge in [0.25, 0.3) is 5.91 Å². The highest BCUT2D eigenvalue weighted by Gasteiger charge is 2.25. The number of carbonyl (C=O) groups excluding carboxylic acids is 1. The number of aliphatic carboxylic acids is 1. The molecule has 5 nitrogen and oxygen atoms in total. The largest absolute Gasteiger partial charge is 0.480 e. The number of carbonyl (C=O) groups is 2. The molecule has 1 unspecified atom stereocenters. The summed E-state index contributed by atoms with van der Waals surface area (Å²) in [5.74, 6) is -1.23. The molecule has 0 radical (unpaired) electrons. The maximum absolute atomic E-state index is 11.6. The van der Waals surface area contributed by atoms with Crippen molar-refractivity contribution in [1.82, 2.24) is 4.90 Å². The maximum Gasteiger partial charge on any atom is 0.323 e. The Morgan fingerprint density at radius 2 is 2.21 bits per heavy atom. The Labute approximate surface area is 82.6 Å². The summed E-state index contributed by atoms with van der Waals surface area (Å²) in [4.78, 5) is 23.1. The van der Waals surface area contributed by atoms with Gasteiger partial charge in [-0.2, -0.15) is 0 Å². The third-order valence-electron chi connectivity index (χ3n) is 2.20. The molecule has 0 aromatic carbocycles. The van der Waals surface area contributed by atoms with Crippen LogP contribution in [-0.4, -0.2) is 48.2 Å². The zero-order valence-electron chi connectivity index (χ0n) is 8.23. The lowest BCUT2D eigenvalue weighted by molar-refractivity contribution is -0.151. The van der Waals surface area contributed by atoms with Gasteiger partial charge in [-0.3, -0.25) is 9.59 Å². The zero-order valence-corrected chi connectivity index (χ0v) is 8.23. The number of rotatable bonds is 3. The van der Waals surface area contributed by atoms with Gasteiger partial charge in [0.15, 0.2) is 0 Å². The van der Waals surface area contributed by atoms with E-state index in [1.54, 1.807) is 0 Å². The Balaban J connectivity index is 2.42. The second kappa shape index (κ2) is 4.95. The molecule has 5 heteroatoms. The topological polar surface area (TPSA) is 66.8 Å². The molecule has 1 rings (SSSR count). The van der Waals surface area contributed by atoms with Crippen LogP contribution < -0.4 is 0 Å². The first-order chi connectivity index (χ1) is 6.61. The first kappa shape index (κ1) is 11.0. The van der Waals surface area contributed by atoms with Gasteiger partial charge < -0.3 is 14.7 Å². The van der Waals surface area contributed by atoms with E-state index in [1.807, 2.05) is 0 Å². The van der Waals surface area contributed by atoms with Crippen molar-refractivity contribution in [3.63, 3.8) is 0 Å². The molecule has 1 amide bonds. The molecular formula is C9H15NO4. The molecule has 1 aliphatic heterocycles. The summed E-state index contributed by atoms with van der Waals surface area (Å²) in [6, 6.07) is 0. The fourth-order valence-electron chi connectivity index (χ4n) is 1.46. The van der Waals surface area contributed by atoms with Crippen LogP contribution >= 0.6 is 0 Å². The van der Waals surface area contributed by atoms with Crippen LogP contribution in [0, 0.1) is 0 Å². The van der Waals surface area contributed by atoms with E-state index in [0.29, 0.717) is 13.0 Å². The first-order valence-corrected chi connectivity index (χ1v) is 4.69. The highest BCUT2D eigenvalue weighted by Crippen LogP contribution is 2.14. The average Bonchev–Trinajstić information content (AvgIpc) is 2.17. The number of nitrogens with zero attached hydrogens (tertiary/aromatic N) is 1. The van der Waals surface area contributed by atoms with Crippen LogP contribution in [0.15, 0.2) is 0 Å². The van der Waals surface area contributed by atoms with Crippen LogP contribution in [0.25, 0.3) is 0 Å². The normalized spacial score (nSPS) is 21.6. The highest BCUT2D eigenvalue weighted by atomic mass is 16.5. The van der Waals surface area contributed by atoms with Crippen molar-refractivity contribution in [2.45, 2.75) is 25.4 Å². The molecule has 0 aliphatic carbocycles. The van der Waals surface area contributed by atoms with Gasteiger partial charge in [0.05, 0.1) is 0 Å². The smallest absolute Gasteiger partial charge is 0.323 e. The van der Waals surface area contributed by atoms with Gasteiger partial charge in [0, 0.05) is 13.7 Å². The summed E-state index contributed by atoms with van der Waals surface area (Å²) >= 11 is 0. The molecule has 1 heterocycles. The number of ether oxygens (including phenoxy) is 1. The van der Waals surface area contributed by atoms with Crippen molar-refractivity contribution >= 4 is 11.9 Å². The van der Waals surface area contributed by atoms with Crippen molar-refractivity contribution in [3.8, 4) is 0 Å². The van der Waals surface area contributed by atoms with Gasteiger partial charge in [-0.05, 0) is 19.3 Å². The second-order valence-corrected chi connectivity index (χ2v) is 3.44. The number of carboxylic acid groups (broad SMARTS) is 1. The Kier molecular flexibility index (Phi) is 3.88. The van der Waals surface area contributed by atoms with E-state index >= 15 is 0 Å². The maximum atomic E-state index is 11.6. The van der Waals surface area contributed by atoms with Crippen LogP contribution in [0.4, 0.5) is 0 Å². The summed E-state index contributed by atoms with van der Waals surface area (Å²) in [5, 5.41) is 8.50. The third-order valence-corrected chi connectivity index (χ3v) is 2.20. The van der Waals surface area contributed by atoms with Gasteiger partial charge in [-0.1, -0.05) is 0 Å². The number of carboxylic acids is 1. The molecule has 80 valence electrons. The lowest BCUT2D eigenvalue weighted by Gasteiger charge is -2.25. The van der Waals surface area contributed by atoms with Gasteiger partial charge in [0.1, 0.15) is 12.6 Å². The van der Waals surface area contributed by atoms with E-state index in [9.17, 15) is 9.59 Å². The molecule has 1 saturated heterocycles. The third kappa shape index (κ3) is 2.99. The first-order valence-electron chi connectivity index (χ1n) is 4.69. The molecule has 0 aromatic rings. The molecule has 0 saturated carbocycles. The lowest BCUT2D eigenvalue weighted by Crippen LogP contribution is -2.41. The van der Waals surface area contributed by atoms with Gasteiger partial charge in [-0.25, -0.2) is 0 Å². The van der Waals surface area contributed by atoms with Crippen LogP contribution in [0.5, 0.6) is 0 Å². The number of likely N-dealkylation sites (N-methyl/N-ethyl adjacent to an activating group) is 1. The highest BCUT2D eigenvalue weighted by molar-refractivity contribution is 5.84. The molecular weight excluding hydrogens is 186 g/mol. The quantitative estimate of drug-likeness (QED) is 0.703. The van der Waals surface area contributed by atoms with E-state index in [2.05, 4.69) is 0 Å². The Bertz CT molecular complexity index is 223. The Hall–Kier alpha value is -1.10. The second-order valence-electron chi connectivity index (χ2n) is 3.44. The number of hydrogen-bond donors (Lipinski definition) is 1. The molecule has 14 heavy (non-hydrogen) atoms. The van der Waals surface area contributed by atoms with Crippen molar-refractivity contribution in [2.75, 3.05) is 20.2 Å². The minimum Gasteiger partial charge on any atom is -0.480 e. The SMILES string of the molecule is CN(CC(=O)O)C(=O)C1CCCCO1. The molecule has 1 fully saturated rings. The van der Waals surface area contributed by atoms with Crippen LogP contribution in [0.2, 0.25) is 0 Å². The van der Waals surface area contributed by atoms with E-state index in [-0.39, 0.29) is 12.5 Å². The average molecular weight is 201 g/mol. The fraction of sp³-hybridized carbons (Fsp3) is 0.778. The van der Waals surface area contributed by atoms with Crippen LogP contribution in [0.1, 0.15) is 19.3 Å². The molecule has 1 atom stereocenters. The number of hydrogen-bond acceptors (Lipinski definition) is 3. The lowest BCUT2D eigenvalue weighted by atomic mass is 10.1. The van der Waals surface area contributed by atoms with Crippen molar-refractivity contribution in [2.24, 2.45) is 0 Å². The van der Waals surface area contributed by atoms with E-state index < -0.39 is 12.1 Å². The Morgan fingerprint density at radius 3 is 2.71 bits per heavy atom. The molecule has 0 spiro atoms. The summed E-state index contributed by atoms with van der Waals surface area (Å²) in [6.07, 6.45) is 2.21. The minimum absolute atomic E-state index is 0.230. The molecule has 0 bridgehead atoms. The van der Waals surface area contributed by atoms with Gasteiger partial charge in [-0.15, -0.1) is 0 Å². The van der Waals surface area contributed by atoms with Crippen LogP contribution in [-0.2, 0) is 14.3 Å². The van der Waals surface area contributed by atoms with Crippen molar-refractivity contribution in [3.05, 3.63) is 0 Å². The van der Waals surface area contributed by atoms with E-state index in [1.165, 1.54) is 11.9 Å². The zero-order chi connectivity index (χ0) is 10.6. The summed E-state index contributed by atoms with van der Waals surface area (Å²) < 4.78 is 5.26. The summed E-state index contributed by atoms with van der Waals surface area (Å²) in [5.41, 5.74) is 0. The molecule has 1 aliphatic rings. The number of amides is 1. The molecule has 0 aromatic heterocycles. The molecule has 1 N–H and O–H groups in total. The fourth-order valence-corrected chi connectivity index (χ4v) is 1.46. The predicted octanol–water partition coefficient (Wildman–Crippen LogP) is 0.0985. The van der Waals surface area contributed by atoms with E-state index in [4.69, 9.17) is 9.84 Å². The minimum atomic E-state index is -1.00. The van der Waals surface area contributed by atoms with Crippen LogP contribution in [0.3, 0.4) is 0 Å². The predicted molar refractivity (Wildman–Crippen MR) is 48.9 cm³/mol. The Morgan fingerprint density at radius 1 is 1.50 bits per heavy atom. The monoisotopic (exact) mass is 201 g/mol.